The van der Waals surface area contributed by atoms with Crippen LogP contribution in [-0.4, -0.2) is 18.8 Å². The predicted octanol–water partition coefficient (Wildman–Crippen LogP) is 2.29. The summed E-state index contributed by atoms with van der Waals surface area (Å²) in [5.74, 6) is 0.307. The number of anilines is 1. The molecular weight excluding hydrogens is 222 g/mol. The monoisotopic (exact) mass is 237 g/mol. The molecule has 4 heteroatoms. The van der Waals surface area contributed by atoms with Crippen molar-refractivity contribution < 1.29 is 0 Å². The quantitative estimate of drug-likeness (QED) is 0.546. The van der Waals surface area contributed by atoms with Crippen molar-refractivity contribution in [2.45, 2.75) is 12.8 Å². The van der Waals surface area contributed by atoms with Crippen molar-refractivity contribution in [2.24, 2.45) is 5.92 Å². The highest BCUT2D eigenvalue weighted by molar-refractivity contribution is 6.31. The fourth-order valence-electron chi connectivity index (χ4n) is 2.09. The largest absolute Gasteiger partial charge is 0.398 e. The van der Waals surface area contributed by atoms with E-state index < -0.39 is 0 Å². The van der Waals surface area contributed by atoms with Gasteiger partial charge in [0.25, 0.3) is 0 Å². The number of hydrogen-bond donors (Lipinski definition) is 3. The van der Waals surface area contributed by atoms with Crippen molar-refractivity contribution in [3.63, 3.8) is 0 Å². The van der Waals surface area contributed by atoms with E-state index in [4.69, 9.17) is 22.7 Å². The van der Waals surface area contributed by atoms with E-state index in [1.165, 1.54) is 0 Å². The predicted molar refractivity (Wildman–Crippen MR) is 68.3 cm³/mol. The van der Waals surface area contributed by atoms with Crippen LogP contribution in [0.4, 0.5) is 5.69 Å². The Hall–Kier alpha value is -1.06. The van der Waals surface area contributed by atoms with Crippen molar-refractivity contribution in [1.29, 1.82) is 5.41 Å². The molecule has 0 atom stereocenters. The minimum Gasteiger partial charge on any atom is -0.398 e. The van der Waals surface area contributed by atoms with E-state index in [2.05, 4.69) is 5.32 Å². The Labute approximate surface area is 100 Å². The molecule has 0 radical (unpaired) electrons. The van der Waals surface area contributed by atoms with Crippen LogP contribution in [0, 0.1) is 11.3 Å². The van der Waals surface area contributed by atoms with Gasteiger partial charge in [-0.05, 0) is 44.1 Å². The smallest absolute Gasteiger partial charge is 0.0439 e. The van der Waals surface area contributed by atoms with Crippen molar-refractivity contribution in [3.8, 4) is 0 Å². The van der Waals surface area contributed by atoms with Gasteiger partial charge in [0, 0.05) is 27.9 Å². The first-order valence-corrected chi connectivity index (χ1v) is 5.91. The van der Waals surface area contributed by atoms with Crippen LogP contribution >= 0.6 is 11.6 Å². The Balaban J connectivity index is 2.22. The molecule has 1 aliphatic rings. The van der Waals surface area contributed by atoms with Crippen molar-refractivity contribution >= 4 is 23.0 Å². The third kappa shape index (κ3) is 2.36. The summed E-state index contributed by atoms with van der Waals surface area (Å²) in [6, 6.07) is 5.32. The summed E-state index contributed by atoms with van der Waals surface area (Å²) in [5.41, 5.74) is 7.95. The van der Waals surface area contributed by atoms with Gasteiger partial charge in [0.15, 0.2) is 0 Å². The van der Waals surface area contributed by atoms with Gasteiger partial charge >= 0.3 is 0 Å². The lowest BCUT2D eigenvalue weighted by Crippen LogP contribution is -2.32. The van der Waals surface area contributed by atoms with Gasteiger partial charge in [0.1, 0.15) is 0 Å². The molecule has 0 spiro atoms. The fraction of sp³-hybridized carbons (Fsp3) is 0.417. The Morgan fingerprint density at radius 1 is 1.38 bits per heavy atom. The van der Waals surface area contributed by atoms with Gasteiger partial charge in [-0.15, -0.1) is 0 Å². The normalized spacial score (nSPS) is 17.3. The SMILES string of the molecule is N=C(c1cc(Cl)ccc1N)C1CCNCC1. The molecule has 0 unspecified atom stereocenters. The number of halogens is 1. The third-order valence-corrected chi connectivity index (χ3v) is 3.29. The molecule has 0 aliphatic carbocycles. The van der Waals surface area contributed by atoms with Crippen LogP contribution < -0.4 is 11.1 Å². The molecule has 2 rings (SSSR count). The van der Waals surface area contributed by atoms with Crippen molar-refractivity contribution in [3.05, 3.63) is 28.8 Å². The Kier molecular flexibility index (Phi) is 3.46. The molecule has 4 N–H and O–H groups in total. The lowest BCUT2D eigenvalue weighted by Gasteiger charge is -2.24. The second kappa shape index (κ2) is 4.85. The Bertz CT molecular complexity index is 397. The topological polar surface area (TPSA) is 61.9 Å². The molecule has 1 heterocycles. The van der Waals surface area contributed by atoms with E-state index in [0.29, 0.717) is 22.3 Å². The number of benzene rings is 1. The molecule has 1 aromatic rings. The van der Waals surface area contributed by atoms with Crippen molar-refractivity contribution in [2.75, 3.05) is 18.8 Å². The summed E-state index contributed by atoms with van der Waals surface area (Å²) in [4.78, 5) is 0. The zero-order valence-corrected chi connectivity index (χ0v) is 9.85. The summed E-state index contributed by atoms with van der Waals surface area (Å²) in [7, 11) is 0. The minimum absolute atomic E-state index is 0.307. The molecule has 0 aromatic heterocycles. The zero-order valence-electron chi connectivity index (χ0n) is 9.09. The van der Waals surface area contributed by atoms with Gasteiger partial charge in [-0.3, -0.25) is 0 Å². The highest BCUT2D eigenvalue weighted by Crippen LogP contribution is 2.24. The van der Waals surface area contributed by atoms with Crippen LogP contribution in [0.5, 0.6) is 0 Å². The van der Waals surface area contributed by atoms with E-state index in [0.717, 1.165) is 31.5 Å². The first kappa shape index (κ1) is 11.4. The minimum atomic E-state index is 0.307. The number of rotatable bonds is 2. The summed E-state index contributed by atoms with van der Waals surface area (Å²) in [6.45, 7) is 1.96. The number of nitrogens with one attached hydrogen (secondary N) is 2. The highest BCUT2D eigenvalue weighted by atomic mass is 35.5. The van der Waals surface area contributed by atoms with Crippen LogP contribution in [0.3, 0.4) is 0 Å². The van der Waals surface area contributed by atoms with Gasteiger partial charge in [-0.1, -0.05) is 11.6 Å². The van der Waals surface area contributed by atoms with E-state index >= 15 is 0 Å². The Morgan fingerprint density at radius 2 is 2.06 bits per heavy atom. The van der Waals surface area contributed by atoms with Crippen LogP contribution in [0.2, 0.25) is 5.02 Å². The molecule has 1 aromatic carbocycles. The average molecular weight is 238 g/mol. The van der Waals surface area contributed by atoms with Gasteiger partial charge < -0.3 is 16.5 Å². The first-order valence-electron chi connectivity index (χ1n) is 5.53. The van der Waals surface area contributed by atoms with E-state index in [9.17, 15) is 0 Å². The van der Waals surface area contributed by atoms with Crippen LogP contribution in [0.1, 0.15) is 18.4 Å². The fourth-order valence-corrected chi connectivity index (χ4v) is 2.26. The highest BCUT2D eigenvalue weighted by Gasteiger charge is 2.20. The van der Waals surface area contributed by atoms with Gasteiger partial charge in [0.05, 0.1) is 0 Å². The summed E-state index contributed by atoms with van der Waals surface area (Å²) in [5, 5.41) is 12.1. The van der Waals surface area contributed by atoms with Crippen molar-refractivity contribution in [1.82, 2.24) is 5.32 Å². The molecule has 3 nitrogen and oxygen atoms in total. The molecule has 0 saturated carbocycles. The maximum absolute atomic E-state index is 8.20. The van der Waals surface area contributed by atoms with Gasteiger partial charge in [-0.25, -0.2) is 0 Å². The zero-order chi connectivity index (χ0) is 11.5. The van der Waals surface area contributed by atoms with E-state index in [-0.39, 0.29) is 0 Å². The first-order chi connectivity index (χ1) is 7.68. The third-order valence-electron chi connectivity index (χ3n) is 3.05. The van der Waals surface area contributed by atoms with Gasteiger partial charge in [-0.2, -0.15) is 0 Å². The molecule has 16 heavy (non-hydrogen) atoms. The molecule has 86 valence electrons. The average Bonchev–Trinajstić information content (AvgIpc) is 2.32. The van der Waals surface area contributed by atoms with Crippen LogP contribution in [0.25, 0.3) is 0 Å². The summed E-state index contributed by atoms with van der Waals surface area (Å²) < 4.78 is 0. The van der Waals surface area contributed by atoms with E-state index in [1.807, 2.05) is 0 Å². The van der Waals surface area contributed by atoms with Gasteiger partial charge in [0.2, 0.25) is 0 Å². The summed E-state index contributed by atoms with van der Waals surface area (Å²) >= 11 is 5.94. The molecule has 0 amide bonds. The maximum Gasteiger partial charge on any atom is 0.0439 e. The number of nitrogens with two attached hydrogens (primary N) is 1. The van der Waals surface area contributed by atoms with Crippen LogP contribution in [-0.2, 0) is 0 Å². The lowest BCUT2D eigenvalue weighted by atomic mass is 9.88. The Morgan fingerprint density at radius 3 is 2.75 bits per heavy atom. The molecule has 1 aliphatic heterocycles. The van der Waals surface area contributed by atoms with E-state index in [1.54, 1.807) is 18.2 Å². The standard InChI is InChI=1S/C12H16ClN3/c13-9-1-2-11(14)10(7-9)12(15)8-3-5-16-6-4-8/h1-2,7-8,15-16H,3-6,14H2. The molecule has 1 saturated heterocycles. The second-order valence-electron chi connectivity index (χ2n) is 4.17. The number of piperidine rings is 1. The number of nitrogen functional groups attached to an aromatic ring is 1. The van der Waals surface area contributed by atoms with Crippen LogP contribution in [0.15, 0.2) is 18.2 Å². The number of hydrogen-bond acceptors (Lipinski definition) is 3. The second-order valence-corrected chi connectivity index (χ2v) is 4.61. The molecular formula is C12H16ClN3. The molecule has 0 bridgehead atoms. The summed E-state index contributed by atoms with van der Waals surface area (Å²) in [6.07, 6.45) is 2.01. The maximum atomic E-state index is 8.20. The lowest BCUT2D eigenvalue weighted by molar-refractivity contribution is 0.456. The molecule has 1 fully saturated rings.